The molecular formula is C18H18FN3O3. The van der Waals surface area contributed by atoms with Crippen molar-refractivity contribution in [2.45, 2.75) is 19.9 Å². The summed E-state index contributed by atoms with van der Waals surface area (Å²) in [5, 5.41) is 2.50. The highest BCUT2D eigenvalue weighted by Gasteiger charge is 2.22. The molecule has 7 heteroatoms. The first kappa shape index (κ1) is 16.9. The van der Waals surface area contributed by atoms with Gasteiger partial charge in [-0.2, -0.15) is 0 Å². The van der Waals surface area contributed by atoms with Gasteiger partial charge in [-0.05, 0) is 41.8 Å². The van der Waals surface area contributed by atoms with Gasteiger partial charge in [0.05, 0.1) is 6.54 Å². The Kier molecular flexibility index (Phi) is 4.65. The highest BCUT2D eigenvalue weighted by Crippen LogP contribution is 2.18. The van der Waals surface area contributed by atoms with Crippen LogP contribution in [0.15, 0.2) is 41.3 Å². The number of aromatic nitrogens is 1. The largest absolute Gasteiger partial charge is 0.347 e. The van der Waals surface area contributed by atoms with Crippen LogP contribution >= 0.6 is 0 Å². The number of amides is 2. The number of nitrogens with zero attached hydrogens (tertiary/aromatic N) is 2. The van der Waals surface area contributed by atoms with E-state index in [1.807, 2.05) is 0 Å². The van der Waals surface area contributed by atoms with Crippen molar-refractivity contribution in [1.82, 2.24) is 14.8 Å². The van der Waals surface area contributed by atoms with E-state index in [0.29, 0.717) is 25.2 Å². The first-order valence-electron chi connectivity index (χ1n) is 7.96. The predicted octanol–water partition coefficient (Wildman–Crippen LogP) is 0.997. The molecule has 0 atom stereocenters. The fourth-order valence-electron chi connectivity index (χ4n) is 2.86. The Morgan fingerprint density at radius 2 is 1.92 bits per heavy atom. The summed E-state index contributed by atoms with van der Waals surface area (Å²) >= 11 is 0. The monoisotopic (exact) mass is 343 g/mol. The van der Waals surface area contributed by atoms with Crippen LogP contribution in [0.2, 0.25) is 0 Å². The van der Waals surface area contributed by atoms with E-state index in [9.17, 15) is 18.8 Å². The standard InChI is InChI=1S/C18H18FN3O3/c1-12(23)20-9-18(25)21-7-6-13-8-17(24)22(11-14(13)10-21)16-4-2-15(19)3-5-16/h2-5,8,11H,6-7,9-10H2,1H3,(H,20,23). The summed E-state index contributed by atoms with van der Waals surface area (Å²) < 4.78 is 14.5. The number of fused-ring (bicyclic) bond motifs is 1. The van der Waals surface area contributed by atoms with Gasteiger partial charge in [0.2, 0.25) is 11.8 Å². The molecule has 1 aromatic carbocycles. The molecule has 0 bridgehead atoms. The van der Waals surface area contributed by atoms with E-state index in [0.717, 1.165) is 11.1 Å². The van der Waals surface area contributed by atoms with E-state index in [-0.39, 0.29) is 29.7 Å². The molecule has 0 aliphatic carbocycles. The lowest BCUT2D eigenvalue weighted by Gasteiger charge is -2.29. The first-order valence-corrected chi connectivity index (χ1v) is 7.96. The number of rotatable bonds is 3. The summed E-state index contributed by atoms with van der Waals surface area (Å²) in [5.41, 5.74) is 2.15. The van der Waals surface area contributed by atoms with Crippen molar-refractivity contribution in [1.29, 1.82) is 0 Å². The number of pyridine rings is 1. The Labute approximate surface area is 143 Å². The highest BCUT2D eigenvalue weighted by atomic mass is 19.1. The molecule has 6 nitrogen and oxygen atoms in total. The summed E-state index contributed by atoms with van der Waals surface area (Å²) in [6.07, 6.45) is 2.28. The van der Waals surface area contributed by atoms with Crippen LogP contribution in [0.25, 0.3) is 5.69 Å². The second-order valence-electron chi connectivity index (χ2n) is 5.98. The van der Waals surface area contributed by atoms with Gasteiger partial charge >= 0.3 is 0 Å². The predicted molar refractivity (Wildman–Crippen MR) is 89.8 cm³/mol. The molecule has 2 amide bonds. The maximum absolute atomic E-state index is 13.1. The summed E-state index contributed by atoms with van der Waals surface area (Å²) in [5.74, 6) is -0.791. The topological polar surface area (TPSA) is 71.4 Å². The maximum atomic E-state index is 13.1. The number of hydrogen-bond acceptors (Lipinski definition) is 3. The van der Waals surface area contributed by atoms with Crippen LogP contribution in [0.5, 0.6) is 0 Å². The Hall–Kier alpha value is -2.96. The third-order valence-electron chi connectivity index (χ3n) is 4.19. The zero-order chi connectivity index (χ0) is 18.0. The lowest BCUT2D eigenvalue weighted by Crippen LogP contribution is -2.42. The van der Waals surface area contributed by atoms with Gasteiger partial charge in [0, 0.05) is 38.0 Å². The maximum Gasteiger partial charge on any atom is 0.255 e. The number of nitrogens with one attached hydrogen (secondary N) is 1. The van der Waals surface area contributed by atoms with Crippen LogP contribution in [0.3, 0.4) is 0 Å². The Bertz CT molecular complexity index is 874. The van der Waals surface area contributed by atoms with E-state index in [1.165, 1.54) is 35.8 Å². The average molecular weight is 343 g/mol. The zero-order valence-corrected chi connectivity index (χ0v) is 13.8. The van der Waals surface area contributed by atoms with Crippen molar-refractivity contribution in [3.8, 4) is 5.69 Å². The van der Waals surface area contributed by atoms with E-state index >= 15 is 0 Å². The molecule has 2 heterocycles. The molecule has 1 aliphatic rings. The van der Waals surface area contributed by atoms with E-state index in [1.54, 1.807) is 17.2 Å². The fourth-order valence-corrected chi connectivity index (χ4v) is 2.86. The number of benzene rings is 1. The molecule has 0 radical (unpaired) electrons. The lowest BCUT2D eigenvalue weighted by molar-refractivity contribution is -0.133. The molecule has 1 aliphatic heterocycles. The highest BCUT2D eigenvalue weighted by molar-refractivity contribution is 5.83. The van der Waals surface area contributed by atoms with Crippen LogP contribution in [0.1, 0.15) is 18.1 Å². The Morgan fingerprint density at radius 1 is 1.20 bits per heavy atom. The van der Waals surface area contributed by atoms with Crippen LogP contribution in [0.4, 0.5) is 4.39 Å². The molecule has 1 aromatic heterocycles. The van der Waals surface area contributed by atoms with Crippen LogP contribution in [0, 0.1) is 5.82 Å². The SMILES string of the molecule is CC(=O)NCC(=O)N1CCc2cc(=O)n(-c3ccc(F)cc3)cc2C1. The summed E-state index contributed by atoms with van der Waals surface area (Å²) in [6, 6.07) is 7.22. The molecule has 0 saturated carbocycles. The van der Waals surface area contributed by atoms with Crippen LogP contribution in [-0.2, 0) is 22.6 Å². The minimum atomic E-state index is -0.371. The molecule has 2 aromatic rings. The summed E-state index contributed by atoms with van der Waals surface area (Å²) in [4.78, 5) is 37.1. The number of carbonyl (C=O) groups excluding carboxylic acids is 2. The molecule has 0 unspecified atom stereocenters. The van der Waals surface area contributed by atoms with E-state index < -0.39 is 0 Å². The molecule has 0 fully saturated rings. The number of halogens is 1. The minimum Gasteiger partial charge on any atom is -0.347 e. The van der Waals surface area contributed by atoms with Gasteiger partial charge in [-0.25, -0.2) is 4.39 Å². The molecule has 1 N–H and O–H groups in total. The smallest absolute Gasteiger partial charge is 0.255 e. The molecule has 25 heavy (non-hydrogen) atoms. The van der Waals surface area contributed by atoms with Gasteiger partial charge < -0.3 is 10.2 Å². The third-order valence-corrected chi connectivity index (χ3v) is 4.19. The van der Waals surface area contributed by atoms with Crippen molar-refractivity contribution < 1.29 is 14.0 Å². The molecule has 130 valence electrons. The van der Waals surface area contributed by atoms with Gasteiger partial charge in [-0.15, -0.1) is 0 Å². The average Bonchev–Trinajstić information content (AvgIpc) is 2.59. The minimum absolute atomic E-state index is 0.0394. The van der Waals surface area contributed by atoms with Crippen LogP contribution in [-0.4, -0.2) is 34.4 Å². The van der Waals surface area contributed by atoms with E-state index in [4.69, 9.17) is 0 Å². The Balaban J connectivity index is 1.85. The molecule has 0 saturated heterocycles. The summed E-state index contributed by atoms with van der Waals surface area (Å²) in [6.45, 7) is 2.20. The van der Waals surface area contributed by atoms with E-state index in [2.05, 4.69) is 5.32 Å². The molecule has 3 rings (SSSR count). The third kappa shape index (κ3) is 3.76. The van der Waals surface area contributed by atoms with Gasteiger partial charge in [0.25, 0.3) is 5.56 Å². The second kappa shape index (κ2) is 6.88. The van der Waals surface area contributed by atoms with Crippen LogP contribution < -0.4 is 10.9 Å². The fraction of sp³-hybridized carbons (Fsp3) is 0.278. The van der Waals surface area contributed by atoms with Crippen molar-refractivity contribution >= 4 is 11.8 Å². The Morgan fingerprint density at radius 3 is 2.60 bits per heavy atom. The number of hydrogen-bond donors (Lipinski definition) is 1. The van der Waals surface area contributed by atoms with Crippen molar-refractivity contribution in [3.05, 3.63) is 63.8 Å². The van der Waals surface area contributed by atoms with Crippen molar-refractivity contribution in [2.75, 3.05) is 13.1 Å². The van der Waals surface area contributed by atoms with Gasteiger partial charge in [-0.1, -0.05) is 0 Å². The second-order valence-corrected chi connectivity index (χ2v) is 5.98. The molecular weight excluding hydrogens is 325 g/mol. The van der Waals surface area contributed by atoms with Gasteiger partial charge in [0.15, 0.2) is 0 Å². The lowest BCUT2D eigenvalue weighted by atomic mass is 10.0. The van der Waals surface area contributed by atoms with Gasteiger partial charge in [0.1, 0.15) is 5.82 Å². The summed E-state index contributed by atoms with van der Waals surface area (Å²) in [7, 11) is 0. The quantitative estimate of drug-likeness (QED) is 0.904. The first-order chi connectivity index (χ1) is 11.9. The van der Waals surface area contributed by atoms with Crippen molar-refractivity contribution in [3.63, 3.8) is 0 Å². The number of carbonyl (C=O) groups is 2. The molecule has 0 spiro atoms. The van der Waals surface area contributed by atoms with Gasteiger partial charge in [-0.3, -0.25) is 19.0 Å². The normalized spacial score (nSPS) is 13.3. The van der Waals surface area contributed by atoms with Crippen molar-refractivity contribution in [2.24, 2.45) is 0 Å². The zero-order valence-electron chi connectivity index (χ0n) is 13.8.